The summed E-state index contributed by atoms with van der Waals surface area (Å²) in [5, 5.41) is 13.6. The van der Waals surface area contributed by atoms with Crippen LogP contribution in [0.25, 0.3) is 0 Å². The van der Waals surface area contributed by atoms with Crippen molar-refractivity contribution in [2.45, 2.75) is 0 Å². The third-order valence-corrected chi connectivity index (χ3v) is 4.07. The maximum atomic E-state index is 13.8. The van der Waals surface area contributed by atoms with Crippen molar-refractivity contribution in [3.8, 4) is 0 Å². The van der Waals surface area contributed by atoms with E-state index in [1.807, 2.05) is 43.3 Å². The van der Waals surface area contributed by atoms with Crippen molar-refractivity contribution >= 4 is 40.5 Å². The summed E-state index contributed by atoms with van der Waals surface area (Å²) in [5.41, 5.74) is 1.70. The van der Waals surface area contributed by atoms with Gasteiger partial charge in [-0.05, 0) is 48.5 Å². The number of halogens is 2. The molecule has 0 saturated heterocycles. The van der Waals surface area contributed by atoms with Crippen LogP contribution in [0.15, 0.2) is 54.6 Å². The van der Waals surface area contributed by atoms with Crippen LogP contribution < -0.4 is 15.5 Å². The van der Waals surface area contributed by atoms with Crippen molar-refractivity contribution in [2.75, 3.05) is 29.6 Å². The highest BCUT2D eigenvalue weighted by Gasteiger charge is 2.16. The molecule has 0 unspecified atom stereocenters. The summed E-state index contributed by atoms with van der Waals surface area (Å²) in [6, 6.07) is 15.1. The van der Waals surface area contributed by atoms with E-state index < -0.39 is 11.7 Å². The van der Waals surface area contributed by atoms with Crippen LogP contribution in [-0.2, 0) is 0 Å². The normalized spacial score (nSPS) is 10.4. The van der Waals surface area contributed by atoms with Gasteiger partial charge in [0, 0.05) is 25.5 Å². The summed E-state index contributed by atoms with van der Waals surface area (Å²) in [6.45, 7) is 0. The number of nitrogens with one attached hydrogen (secondary N) is 2. The monoisotopic (exact) mass is 385 g/mol. The number of rotatable bonds is 5. The van der Waals surface area contributed by atoms with Crippen LogP contribution in [0.4, 0.5) is 27.4 Å². The van der Waals surface area contributed by atoms with Gasteiger partial charge in [0.05, 0.1) is 10.6 Å². The van der Waals surface area contributed by atoms with Gasteiger partial charge in [0.15, 0.2) is 11.6 Å². The first-order chi connectivity index (χ1) is 12.9. The molecule has 27 heavy (non-hydrogen) atoms. The predicted octanol–water partition coefficient (Wildman–Crippen LogP) is 4.33. The molecule has 0 aliphatic rings. The van der Waals surface area contributed by atoms with E-state index in [0.717, 1.165) is 11.4 Å². The smallest absolute Gasteiger partial charge is 0.261 e. The van der Waals surface area contributed by atoms with Gasteiger partial charge in [0.2, 0.25) is 0 Å². The number of anilines is 4. The van der Waals surface area contributed by atoms with E-state index in [1.165, 1.54) is 18.2 Å². The first-order valence-corrected chi connectivity index (χ1v) is 8.45. The predicted molar refractivity (Wildman–Crippen MR) is 105 cm³/mol. The molecule has 2 N–H and O–H groups in total. The van der Waals surface area contributed by atoms with Crippen LogP contribution in [0.3, 0.4) is 0 Å². The zero-order valence-electron chi connectivity index (χ0n) is 14.7. The van der Waals surface area contributed by atoms with Crippen LogP contribution >= 0.6 is 11.6 Å². The molecule has 0 spiro atoms. The molecule has 1 heterocycles. The van der Waals surface area contributed by atoms with Gasteiger partial charge in [-0.25, -0.2) is 4.39 Å². The second kappa shape index (κ2) is 8.01. The lowest BCUT2D eigenvalue weighted by molar-refractivity contribution is 0.102. The highest BCUT2D eigenvalue weighted by molar-refractivity contribution is 6.34. The Morgan fingerprint density at radius 3 is 2.26 bits per heavy atom. The van der Waals surface area contributed by atoms with Crippen LogP contribution in [0, 0.1) is 5.82 Å². The Kier molecular flexibility index (Phi) is 5.52. The van der Waals surface area contributed by atoms with Crippen LogP contribution in [0.2, 0.25) is 5.02 Å². The maximum absolute atomic E-state index is 13.8. The molecule has 2 aromatic carbocycles. The van der Waals surface area contributed by atoms with E-state index in [1.54, 1.807) is 12.1 Å². The minimum Gasteiger partial charge on any atom is -0.378 e. The standard InChI is InChI=1S/C19H17ClFN5O/c1-26(2)13-8-6-12(7-9-13)22-16-10-11-17(25-24-16)23-19(27)18-14(20)4-3-5-15(18)21/h3-11H,1-2H3,(H,22,24)(H,23,25,27). The molecule has 0 fully saturated rings. The molecule has 1 aromatic heterocycles. The number of amides is 1. The Balaban J connectivity index is 1.67. The fourth-order valence-corrected chi connectivity index (χ4v) is 2.60. The summed E-state index contributed by atoms with van der Waals surface area (Å²) in [6.07, 6.45) is 0. The van der Waals surface area contributed by atoms with E-state index >= 15 is 0 Å². The Hall–Kier alpha value is -3.19. The lowest BCUT2D eigenvalue weighted by Gasteiger charge is -2.13. The molecule has 0 saturated carbocycles. The van der Waals surface area contributed by atoms with Crippen molar-refractivity contribution in [3.63, 3.8) is 0 Å². The average Bonchev–Trinajstić information content (AvgIpc) is 2.63. The largest absolute Gasteiger partial charge is 0.378 e. The van der Waals surface area contributed by atoms with E-state index in [-0.39, 0.29) is 16.4 Å². The van der Waals surface area contributed by atoms with E-state index in [9.17, 15) is 9.18 Å². The van der Waals surface area contributed by atoms with Gasteiger partial charge in [0.25, 0.3) is 5.91 Å². The maximum Gasteiger partial charge on any atom is 0.261 e. The lowest BCUT2D eigenvalue weighted by atomic mass is 10.2. The topological polar surface area (TPSA) is 70.2 Å². The van der Waals surface area contributed by atoms with Gasteiger partial charge in [-0.2, -0.15) is 0 Å². The molecule has 0 atom stereocenters. The van der Waals surface area contributed by atoms with Crippen molar-refractivity contribution < 1.29 is 9.18 Å². The summed E-state index contributed by atoms with van der Waals surface area (Å²) < 4.78 is 13.8. The number of benzene rings is 2. The highest BCUT2D eigenvalue weighted by atomic mass is 35.5. The van der Waals surface area contributed by atoms with Crippen LogP contribution in [0.1, 0.15) is 10.4 Å². The van der Waals surface area contributed by atoms with Gasteiger partial charge < -0.3 is 15.5 Å². The van der Waals surface area contributed by atoms with Gasteiger partial charge in [-0.3, -0.25) is 4.79 Å². The molecule has 138 valence electrons. The van der Waals surface area contributed by atoms with Crippen molar-refractivity contribution in [2.24, 2.45) is 0 Å². The summed E-state index contributed by atoms with van der Waals surface area (Å²) in [7, 11) is 3.94. The van der Waals surface area contributed by atoms with Crippen molar-refractivity contribution in [3.05, 3.63) is 71.0 Å². The second-order valence-electron chi connectivity index (χ2n) is 5.92. The highest BCUT2D eigenvalue weighted by Crippen LogP contribution is 2.21. The van der Waals surface area contributed by atoms with E-state index in [2.05, 4.69) is 20.8 Å². The molecule has 6 nitrogen and oxygen atoms in total. The molecule has 0 radical (unpaired) electrons. The quantitative estimate of drug-likeness (QED) is 0.684. The number of aromatic nitrogens is 2. The van der Waals surface area contributed by atoms with Gasteiger partial charge in [-0.15, -0.1) is 10.2 Å². The zero-order valence-corrected chi connectivity index (χ0v) is 15.5. The third kappa shape index (κ3) is 4.51. The summed E-state index contributed by atoms with van der Waals surface area (Å²) in [5.74, 6) is -0.692. The van der Waals surface area contributed by atoms with E-state index in [4.69, 9.17) is 11.6 Å². The molecule has 3 rings (SSSR count). The fraction of sp³-hybridized carbons (Fsp3) is 0.105. The molecular weight excluding hydrogens is 369 g/mol. The number of nitrogens with zero attached hydrogens (tertiary/aromatic N) is 3. The summed E-state index contributed by atoms with van der Waals surface area (Å²) >= 11 is 5.89. The van der Waals surface area contributed by atoms with Gasteiger partial charge >= 0.3 is 0 Å². The van der Waals surface area contributed by atoms with Gasteiger partial charge in [0.1, 0.15) is 5.82 Å². The first-order valence-electron chi connectivity index (χ1n) is 8.07. The fourth-order valence-electron chi connectivity index (χ4n) is 2.35. The molecule has 0 bridgehead atoms. The SMILES string of the molecule is CN(C)c1ccc(Nc2ccc(NC(=O)c3c(F)cccc3Cl)nn2)cc1. The zero-order chi connectivity index (χ0) is 19.4. The van der Waals surface area contributed by atoms with Gasteiger partial charge in [-0.1, -0.05) is 17.7 Å². The molecule has 8 heteroatoms. The Labute approximate surface area is 161 Å². The minimum atomic E-state index is -0.701. The first kappa shape index (κ1) is 18.6. The number of hydrogen-bond acceptors (Lipinski definition) is 5. The molecule has 0 aliphatic heterocycles. The average molecular weight is 386 g/mol. The molecule has 1 amide bonds. The molecular formula is C19H17ClFN5O. The number of hydrogen-bond donors (Lipinski definition) is 2. The summed E-state index contributed by atoms with van der Waals surface area (Å²) in [4.78, 5) is 14.2. The van der Waals surface area contributed by atoms with E-state index in [0.29, 0.717) is 5.82 Å². The van der Waals surface area contributed by atoms with Crippen molar-refractivity contribution in [1.29, 1.82) is 0 Å². The number of carbonyl (C=O) groups excluding carboxylic acids is 1. The Bertz CT molecular complexity index is 925. The minimum absolute atomic E-state index is 0.0277. The van der Waals surface area contributed by atoms with Crippen LogP contribution in [0.5, 0.6) is 0 Å². The van der Waals surface area contributed by atoms with Crippen molar-refractivity contribution in [1.82, 2.24) is 10.2 Å². The lowest BCUT2D eigenvalue weighted by Crippen LogP contribution is -2.15. The van der Waals surface area contributed by atoms with Crippen LogP contribution in [-0.4, -0.2) is 30.2 Å². The second-order valence-corrected chi connectivity index (χ2v) is 6.33. The Morgan fingerprint density at radius 1 is 1.00 bits per heavy atom. The number of carbonyl (C=O) groups is 1. The Morgan fingerprint density at radius 2 is 1.67 bits per heavy atom. The molecule has 0 aliphatic carbocycles. The third-order valence-electron chi connectivity index (χ3n) is 3.75. The molecule has 3 aromatic rings.